The summed E-state index contributed by atoms with van der Waals surface area (Å²) >= 11 is 6.37. The first-order valence-electron chi connectivity index (χ1n) is 11.2. The maximum Gasteiger partial charge on any atom is 0.328 e. The Labute approximate surface area is 197 Å². The molecular weight excluding hydrogens is 447 g/mol. The Morgan fingerprint density at radius 2 is 2.00 bits per heavy atom. The number of piperidine rings is 1. The summed E-state index contributed by atoms with van der Waals surface area (Å²) in [4.78, 5) is 23.8. The normalized spacial score (nSPS) is 15.4. The zero-order chi connectivity index (χ0) is 23.8. The number of aromatic nitrogens is 4. The van der Waals surface area contributed by atoms with Gasteiger partial charge in [-0.15, -0.1) is 0 Å². The minimum absolute atomic E-state index is 0.109. The molecule has 2 aromatic heterocycles. The van der Waals surface area contributed by atoms with E-state index >= 15 is 0 Å². The standard InChI is InChI=1S/C23H30ClFN6O2/c1-23(2,33)8-11-31-19-12-16(4-5-18(19)29(3)22(31)32)27-20-17(24)14-26-21(28-20)30-9-6-15(13-25)7-10-30/h4-5,12,14-15,33H,6-11,13H2,1-3H3,(H,26,27,28). The minimum atomic E-state index is -0.874. The van der Waals surface area contributed by atoms with Crippen LogP contribution in [0.25, 0.3) is 11.0 Å². The summed E-state index contributed by atoms with van der Waals surface area (Å²) in [6.45, 7) is 4.98. The lowest BCUT2D eigenvalue weighted by Crippen LogP contribution is -2.35. The molecule has 0 amide bonds. The van der Waals surface area contributed by atoms with E-state index in [1.165, 1.54) is 0 Å². The fourth-order valence-corrected chi connectivity index (χ4v) is 4.25. The van der Waals surface area contributed by atoms with E-state index in [1.54, 1.807) is 36.2 Å². The highest BCUT2D eigenvalue weighted by Crippen LogP contribution is 2.28. The van der Waals surface area contributed by atoms with Gasteiger partial charge in [0, 0.05) is 32.4 Å². The lowest BCUT2D eigenvalue weighted by molar-refractivity contribution is 0.0662. The Balaban J connectivity index is 1.60. The molecule has 3 aromatic rings. The Morgan fingerprint density at radius 3 is 2.67 bits per heavy atom. The van der Waals surface area contributed by atoms with Gasteiger partial charge in [0.15, 0.2) is 5.82 Å². The molecule has 1 saturated heterocycles. The van der Waals surface area contributed by atoms with E-state index in [2.05, 4.69) is 15.3 Å². The third kappa shape index (κ3) is 5.14. The SMILES string of the molecule is Cn1c(=O)n(CCC(C)(C)O)c2cc(Nc3nc(N4CCC(CF)CC4)ncc3Cl)ccc21. The predicted molar refractivity (Wildman–Crippen MR) is 129 cm³/mol. The molecule has 2 N–H and O–H groups in total. The van der Waals surface area contributed by atoms with Crippen molar-refractivity contribution in [3.05, 3.63) is 39.9 Å². The summed E-state index contributed by atoms with van der Waals surface area (Å²) < 4.78 is 16.2. The minimum Gasteiger partial charge on any atom is -0.390 e. The molecule has 4 rings (SSSR count). The highest BCUT2D eigenvalue weighted by molar-refractivity contribution is 6.32. The molecule has 0 aliphatic carbocycles. The van der Waals surface area contributed by atoms with E-state index in [4.69, 9.17) is 11.6 Å². The largest absolute Gasteiger partial charge is 0.390 e. The van der Waals surface area contributed by atoms with Gasteiger partial charge in [0.25, 0.3) is 0 Å². The van der Waals surface area contributed by atoms with Crippen molar-refractivity contribution in [1.82, 2.24) is 19.1 Å². The Hall–Kier alpha value is -2.65. The van der Waals surface area contributed by atoms with Crippen molar-refractivity contribution >= 4 is 40.1 Å². The Morgan fingerprint density at radius 1 is 1.27 bits per heavy atom. The fourth-order valence-electron chi connectivity index (χ4n) is 4.11. The monoisotopic (exact) mass is 476 g/mol. The van der Waals surface area contributed by atoms with Gasteiger partial charge in [-0.2, -0.15) is 4.98 Å². The van der Waals surface area contributed by atoms with Crippen molar-refractivity contribution in [2.45, 2.75) is 45.3 Å². The quantitative estimate of drug-likeness (QED) is 0.538. The number of benzene rings is 1. The number of imidazole rings is 1. The van der Waals surface area contributed by atoms with Crippen molar-refractivity contribution in [1.29, 1.82) is 0 Å². The van der Waals surface area contributed by atoms with Crippen LogP contribution >= 0.6 is 11.6 Å². The van der Waals surface area contributed by atoms with Gasteiger partial charge in [-0.05, 0) is 57.2 Å². The number of aliphatic hydroxyl groups is 1. The number of nitrogens with one attached hydrogen (secondary N) is 1. The van der Waals surface area contributed by atoms with Crippen LogP contribution in [0, 0.1) is 5.92 Å². The summed E-state index contributed by atoms with van der Waals surface area (Å²) in [5.41, 5.74) is 1.28. The van der Waals surface area contributed by atoms with Crippen molar-refractivity contribution in [2.24, 2.45) is 13.0 Å². The van der Waals surface area contributed by atoms with E-state index in [0.717, 1.165) is 29.6 Å². The van der Waals surface area contributed by atoms with E-state index in [9.17, 15) is 14.3 Å². The molecule has 33 heavy (non-hydrogen) atoms. The highest BCUT2D eigenvalue weighted by Gasteiger charge is 2.22. The number of anilines is 3. The van der Waals surface area contributed by atoms with Crippen LogP contribution in [0.5, 0.6) is 0 Å². The third-order valence-electron chi connectivity index (χ3n) is 6.20. The van der Waals surface area contributed by atoms with Gasteiger partial charge in [0.05, 0.1) is 29.5 Å². The zero-order valence-corrected chi connectivity index (χ0v) is 19.9. The molecule has 0 radical (unpaired) electrons. The number of hydrogen-bond donors (Lipinski definition) is 2. The lowest BCUT2D eigenvalue weighted by atomic mass is 9.99. The van der Waals surface area contributed by atoms with Crippen LogP contribution in [0.2, 0.25) is 5.02 Å². The molecule has 3 heterocycles. The molecule has 1 aliphatic rings. The number of nitrogens with zero attached hydrogens (tertiary/aromatic N) is 5. The molecule has 0 unspecified atom stereocenters. The molecule has 1 aliphatic heterocycles. The number of halogens is 2. The van der Waals surface area contributed by atoms with Gasteiger partial charge < -0.3 is 15.3 Å². The van der Waals surface area contributed by atoms with Gasteiger partial charge in [-0.1, -0.05) is 11.6 Å². The number of hydrogen-bond acceptors (Lipinski definition) is 6. The molecule has 8 nitrogen and oxygen atoms in total. The Kier molecular flexibility index (Phi) is 6.63. The van der Waals surface area contributed by atoms with Crippen LogP contribution in [0.3, 0.4) is 0 Å². The first kappa shape index (κ1) is 23.5. The molecule has 178 valence electrons. The molecule has 1 fully saturated rings. The summed E-state index contributed by atoms with van der Waals surface area (Å²) in [6, 6.07) is 5.62. The van der Waals surface area contributed by atoms with Crippen LogP contribution in [-0.2, 0) is 13.6 Å². The lowest BCUT2D eigenvalue weighted by Gasteiger charge is -2.30. The average Bonchev–Trinajstić information content (AvgIpc) is 3.02. The van der Waals surface area contributed by atoms with Crippen LogP contribution in [0.1, 0.15) is 33.1 Å². The van der Waals surface area contributed by atoms with Crippen molar-refractivity contribution < 1.29 is 9.50 Å². The van der Waals surface area contributed by atoms with Crippen LogP contribution in [0.15, 0.2) is 29.2 Å². The number of aryl methyl sites for hydroxylation is 2. The van der Waals surface area contributed by atoms with E-state index in [1.807, 2.05) is 23.1 Å². The molecule has 0 bridgehead atoms. The maximum absolute atomic E-state index is 12.9. The molecular formula is C23H30ClFN6O2. The first-order chi connectivity index (χ1) is 15.7. The van der Waals surface area contributed by atoms with E-state index in [0.29, 0.717) is 42.8 Å². The Bertz CT molecular complexity index is 1190. The van der Waals surface area contributed by atoms with E-state index < -0.39 is 5.60 Å². The molecule has 0 spiro atoms. The zero-order valence-electron chi connectivity index (χ0n) is 19.2. The fraction of sp³-hybridized carbons (Fsp3) is 0.522. The maximum atomic E-state index is 12.9. The number of fused-ring (bicyclic) bond motifs is 1. The van der Waals surface area contributed by atoms with Gasteiger partial charge in [0.1, 0.15) is 5.02 Å². The summed E-state index contributed by atoms with van der Waals surface area (Å²) in [5, 5.41) is 13.7. The van der Waals surface area contributed by atoms with Gasteiger partial charge in [0.2, 0.25) is 5.95 Å². The van der Waals surface area contributed by atoms with Crippen molar-refractivity contribution in [3.63, 3.8) is 0 Å². The van der Waals surface area contributed by atoms with E-state index in [-0.39, 0.29) is 18.3 Å². The third-order valence-corrected chi connectivity index (χ3v) is 6.48. The van der Waals surface area contributed by atoms with Crippen LogP contribution < -0.4 is 15.9 Å². The highest BCUT2D eigenvalue weighted by atomic mass is 35.5. The topological polar surface area (TPSA) is 88.2 Å². The molecule has 10 heteroatoms. The molecule has 1 aromatic carbocycles. The summed E-state index contributed by atoms with van der Waals surface area (Å²) in [7, 11) is 1.73. The average molecular weight is 477 g/mol. The second kappa shape index (κ2) is 9.30. The predicted octanol–water partition coefficient (Wildman–Crippen LogP) is 3.87. The van der Waals surface area contributed by atoms with Crippen LogP contribution in [-0.4, -0.2) is 49.6 Å². The second-order valence-corrected chi connectivity index (χ2v) is 9.74. The smallest absolute Gasteiger partial charge is 0.328 e. The van der Waals surface area contributed by atoms with Crippen molar-refractivity contribution in [3.8, 4) is 0 Å². The van der Waals surface area contributed by atoms with Crippen LogP contribution in [0.4, 0.5) is 21.8 Å². The number of alkyl halides is 1. The van der Waals surface area contributed by atoms with Gasteiger partial charge >= 0.3 is 5.69 Å². The molecule has 0 saturated carbocycles. The first-order valence-corrected chi connectivity index (χ1v) is 11.6. The summed E-state index contributed by atoms with van der Waals surface area (Å²) in [6.07, 6.45) is 3.56. The van der Waals surface area contributed by atoms with Crippen molar-refractivity contribution in [2.75, 3.05) is 30.0 Å². The second-order valence-electron chi connectivity index (χ2n) is 9.34. The van der Waals surface area contributed by atoms with Gasteiger partial charge in [-0.3, -0.25) is 13.5 Å². The summed E-state index contributed by atoms with van der Waals surface area (Å²) in [5.74, 6) is 1.13. The molecule has 0 atom stereocenters. The van der Waals surface area contributed by atoms with Gasteiger partial charge in [-0.25, -0.2) is 9.78 Å². The number of rotatable bonds is 7.